The molecule has 5 rings (SSSR count). The van der Waals surface area contributed by atoms with Gasteiger partial charge in [-0.2, -0.15) is 0 Å². The largest absolute Gasteiger partial charge is 0.507 e. The first-order valence-electron chi connectivity index (χ1n) is 12.4. The van der Waals surface area contributed by atoms with Crippen LogP contribution in [0.3, 0.4) is 0 Å². The van der Waals surface area contributed by atoms with E-state index in [0.717, 1.165) is 39.3 Å². The predicted octanol–water partition coefficient (Wildman–Crippen LogP) is 3.08. The zero-order valence-corrected chi connectivity index (χ0v) is 20.0. The maximum atomic E-state index is 12.5. The van der Waals surface area contributed by atoms with Gasteiger partial charge in [0, 0.05) is 57.9 Å². The van der Waals surface area contributed by atoms with Crippen LogP contribution < -0.4 is 5.63 Å². The van der Waals surface area contributed by atoms with Crippen molar-refractivity contribution in [3.8, 4) is 5.75 Å². The fourth-order valence-corrected chi connectivity index (χ4v) is 5.08. The number of nitrogens with zero attached hydrogens (tertiary/aromatic N) is 3. The monoisotopic (exact) mass is 475 g/mol. The molecule has 2 aromatic carbocycles. The molecule has 1 N–H and O–H groups in total. The summed E-state index contributed by atoms with van der Waals surface area (Å²) >= 11 is 0. The van der Waals surface area contributed by atoms with E-state index in [2.05, 4.69) is 75.4 Å². The van der Waals surface area contributed by atoms with Crippen LogP contribution in [0, 0.1) is 0 Å². The molecular formula is C28H33N3O4. The van der Waals surface area contributed by atoms with E-state index < -0.39 is 5.63 Å². The number of piperazine rings is 1. The molecule has 0 unspecified atom stereocenters. The van der Waals surface area contributed by atoms with Crippen LogP contribution in [-0.2, 0) is 17.8 Å². The van der Waals surface area contributed by atoms with Gasteiger partial charge < -0.3 is 14.3 Å². The molecule has 0 amide bonds. The minimum Gasteiger partial charge on any atom is -0.507 e. The third kappa shape index (κ3) is 5.65. The molecule has 1 aromatic heterocycles. The molecule has 0 atom stereocenters. The molecule has 2 aliphatic heterocycles. The molecule has 2 aliphatic rings. The highest BCUT2D eigenvalue weighted by molar-refractivity contribution is 5.36. The molecule has 2 saturated heterocycles. The SMILES string of the molecule is O=c1occ(CN2CCOCC2)c(O)c1CN1CCN(C(c2ccccc2)c2ccccc2)CC1. The maximum Gasteiger partial charge on any atom is 0.343 e. The van der Waals surface area contributed by atoms with Crippen molar-refractivity contribution in [2.75, 3.05) is 52.5 Å². The first-order valence-corrected chi connectivity index (χ1v) is 12.4. The summed E-state index contributed by atoms with van der Waals surface area (Å²) in [6.45, 7) is 7.27. The fraction of sp³-hybridized carbons (Fsp3) is 0.393. The molecular weight excluding hydrogens is 442 g/mol. The lowest BCUT2D eigenvalue weighted by Crippen LogP contribution is -2.47. The fourth-order valence-electron chi connectivity index (χ4n) is 5.08. The first kappa shape index (κ1) is 23.8. The summed E-state index contributed by atoms with van der Waals surface area (Å²) in [7, 11) is 0. The number of ether oxygens (including phenoxy) is 1. The van der Waals surface area contributed by atoms with Gasteiger partial charge in [-0.15, -0.1) is 0 Å². The molecule has 0 radical (unpaired) electrons. The maximum absolute atomic E-state index is 12.5. The molecule has 2 fully saturated rings. The lowest BCUT2D eigenvalue weighted by molar-refractivity contribution is 0.0335. The standard InChI is InChI=1S/C28H33N3O4/c32-27-24(19-30-15-17-34-18-16-30)21-35-28(33)25(27)20-29-11-13-31(14-12-29)26(22-7-3-1-4-8-22)23-9-5-2-6-10-23/h1-10,21,26,32H,11-20H2. The molecule has 0 saturated carbocycles. The van der Waals surface area contributed by atoms with Crippen molar-refractivity contribution >= 4 is 0 Å². The molecule has 35 heavy (non-hydrogen) atoms. The number of benzene rings is 2. The zero-order valence-electron chi connectivity index (χ0n) is 20.0. The number of hydrogen-bond acceptors (Lipinski definition) is 7. The summed E-state index contributed by atoms with van der Waals surface area (Å²) in [5.41, 5.74) is 3.12. The Bertz CT molecular complexity index is 1100. The second kappa shape index (κ2) is 11.2. The molecule has 7 nitrogen and oxygen atoms in total. The van der Waals surface area contributed by atoms with E-state index in [1.165, 1.54) is 17.4 Å². The molecule has 184 valence electrons. The molecule has 3 aromatic rings. The van der Waals surface area contributed by atoms with E-state index in [4.69, 9.17) is 9.15 Å². The van der Waals surface area contributed by atoms with Gasteiger partial charge in [-0.05, 0) is 11.1 Å². The van der Waals surface area contributed by atoms with Crippen LogP contribution in [0.5, 0.6) is 5.75 Å². The summed E-state index contributed by atoms with van der Waals surface area (Å²) in [4.78, 5) is 19.4. The van der Waals surface area contributed by atoms with Crippen molar-refractivity contribution in [3.05, 3.63) is 99.6 Å². The third-order valence-electron chi connectivity index (χ3n) is 7.03. The summed E-state index contributed by atoms with van der Waals surface area (Å²) < 4.78 is 10.7. The number of aromatic hydroxyl groups is 1. The van der Waals surface area contributed by atoms with Gasteiger partial charge in [0.05, 0.1) is 24.8 Å². The van der Waals surface area contributed by atoms with Crippen molar-refractivity contribution in [2.45, 2.75) is 19.1 Å². The topological polar surface area (TPSA) is 69.4 Å². The number of hydrogen-bond donors (Lipinski definition) is 1. The second-order valence-electron chi connectivity index (χ2n) is 9.30. The van der Waals surface area contributed by atoms with Crippen LogP contribution in [0.1, 0.15) is 28.3 Å². The Morgan fingerprint density at radius 2 is 1.34 bits per heavy atom. The Balaban J connectivity index is 1.27. The van der Waals surface area contributed by atoms with E-state index in [0.29, 0.717) is 37.4 Å². The first-order chi connectivity index (χ1) is 17.2. The quantitative estimate of drug-likeness (QED) is 0.563. The van der Waals surface area contributed by atoms with Crippen LogP contribution in [0.2, 0.25) is 0 Å². The highest BCUT2D eigenvalue weighted by Gasteiger charge is 2.28. The van der Waals surface area contributed by atoms with Crippen molar-refractivity contribution in [1.29, 1.82) is 0 Å². The van der Waals surface area contributed by atoms with Crippen molar-refractivity contribution < 1.29 is 14.3 Å². The zero-order chi connectivity index (χ0) is 24.0. The van der Waals surface area contributed by atoms with Gasteiger partial charge in [0.2, 0.25) is 0 Å². The summed E-state index contributed by atoms with van der Waals surface area (Å²) in [6, 6.07) is 21.4. The van der Waals surface area contributed by atoms with Crippen molar-refractivity contribution in [3.63, 3.8) is 0 Å². The average Bonchev–Trinajstić information content (AvgIpc) is 2.91. The molecule has 3 heterocycles. The van der Waals surface area contributed by atoms with Gasteiger partial charge in [0.15, 0.2) is 0 Å². The minimum absolute atomic E-state index is 0.0709. The summed E-state index contributed by atoms with van der Waals surface area (Å²) in [5.74, 6) is 0.0709. The van der Waals surface area contributed by atoms with E-state index in [1.807, 2.05) is 0 Å². The molecule has 0 spiro atoms. The second-order valence-corrected chi connectivity index (χ2v) is 9.30. The summed E-state index contributed by atoms with van der Waals surface area (Å²) in [5, 5.41) is 10.9. The van der Waals surface area contributed by atoms with Crippen LogP contribution in [0.4, 0.5) is 0 Å². The van der Waals surface area contributed by atoms with Crippen LogP contribution >= 0.6 is 0 Å². The van der Waals surface area contributed by atoms with Gasteiger partial charge >= 0.3 is 5.63 Å². The Labute approximate surface area is 206 Å². The summed E-state index contributed by atoms with van der Waals surface area (Å²) in [6.07, 6.45) is 1.40. The molecule has 0 aliphatic carbocycles. The lowest BCUT2D eigenvalue weighted by Gasteiger charge is -2.39. The Kier molecular flexibility index (Phi) is 7.59. The van der Waals surface area contributed by atoms with Crippen molar-refractivity contribution in [1.82, 2.24) is 14.7 Å². The van der Waals surface area contributed by atoms with E-state index in [1.54, 1.807) is 0 Å². The van der Waals surface area contributed by atoms with Gasteiger partial charge in [0.25, 0.3) is 0 Å². The van der Waals surface area contributed by atoms with E-state index in [-0.39, 0.29) is 11.8 Å². The molecule has 7 heteroatoms. The molecule has 0 bridgehead atoms. The highest BCUT2D eigenvalue weighted by atomic mass is 16.5. The Hall–Kier alpha value is -2.97. The normalized spacial score (nSPS) is 18.2. The average molecular weight is 476 g/mol. The van der Waals surface area contributed by atoms with Gasteiger partial charge in [-0.25, -0.2) is 4.79 Å². The number of morpholine rings is 1. The van der Waals surface area contributed by atoms with Gasteiger partial charge in [-0.1, -0.05) is 60.7 Å². The van der Waals surface area contributed by atoms with Gasteiger partial charge in [-0.3, -0.25) is 14.7 Å². The Morgan fingerprint density at radius 1 is 0.771 bits per heavy atom. The van der Waals surface area contributed by atoms with Crippen LogP contribution in [0.25, 0.3) is 0 Å². The third-order valence-corrected chi connectivity index (χ3v) is 7.03. The minimum atomic E-state index is -0.456. The van der Waals surface area contributed by atoms with Crippen molar-refractivity contribution in [2.24, 2.45) is 0 Å². The lowest BCUT2D eigenvalue weighted by atomic mass is 9.96. The van der Waals surface area contributed by atoms with Crippen LogP contribution in [0.15, 0.2) is 76.1 Å². The van der Waals surface area contributed by atoms with Gasteiger partial charge in [0.1, 0.15) is 12.0 Å². The Morgan fingerprint density at radius 3 is 1.94 bits per heavy atom. The highest BCUT2D eigenvalue weighted by Crippen LogP contribution is 2.30. The number of rotatable bonds is 7. The van der Waals surface area contributed by atoms with Crippen LogP contribution in [-0.4, -0.2) is 72.3 Å². The predicted molar refractivity (Wildman–Crippen MR) is 134 cm³/mol. The van der Waals surface area contributed by atoms with E-state index in [9.17, 15) is 9.90 Å². The van der Waals surface area contributed by atoms with E-state index >= 15 is 0 Å². The smallest absolute Gasteiger partial charge is 0.343 e.